The van der Waals surface area contributed by atoms with Crippen LogP contribution in [0.4, 0.5) is 0 Å². The Balaban J connectivity index is 1.84. The molecule has 1 fully saturated rings. The van der Waals surface area contributed by atoms with Gasteiger partial charge in [-0.3, -0.25) is 9.59 Å². The number of carbonyl (C=O) groups is 2. The molecule has 0 aromatic heterocycles. The normalized spacial score (nSPS) is 16.8. The van der Waals surface area contributed by atoms with E-state index in [9.17, 15) is 14.7 Å². The minimum absolute atomic E-state index is 0.0306. The fraction of sp³-hybridized carbons (Fsp3) is 0.267. The second kappa shape index (κ2) is 10.8. The van der Waals surface area contributed by atoms with Gasteiger partial charge in [-0.25, -0.2) is 0 Å². The molecule has 1 saturated heterocycles. The van der Waals surface area contributed by atoms with Crippen LogP contribution in [0.2, 0.25) is 0 Å². The Labute approximate surface area is 216 Å². The lowest BCUT2D eigenvalue weighted by Crippen LogP contribution is -2.29. The molecule has 1 atom stereocenters. The summed E-state index contributed by atoms with van der Waals surface area (Å²) in [6, 6.07) is 19.2. The van der Waals surface area contributed by atoms with Gasteiger partial charge in [0.05, 0.1) is 32.9 Å². The Morgan fingerprint density at radius 3 is 2.08 bits per heavy atom. The summed E-state index contributed by atoms with van der Waals surface area (Å²) < 4.78 is 15.9. The molecule has 0 radical (unpaired) electrons. The molecule has 1 amide bonds. The lowest BCUT2D eigenvalue weighted by molar-refractivity contribution is -0.140. The third-order valence-corrected chi connectivity index (χ3v) is 6.63. The minimum Gasteiger partial charge on any atom is -0.507 e. The minimum atomic E-state index is -0.767. The SMILES string of the molecule is COc1ccc(CN2C(=O)C(=O)/C(=C(\O)c3ccc(OC)c(OC)c3)C2c2ccc(C(C)C)cc2)cc1. The van der Waals surface area contributed by atoms with Crippen molar-refractivity contribution in [3.8, 4) is 17.2 Å². The highest BCUT2D eigenvalue weighted by molar-refractivity contribution is 6.46. The molecule has 0 spiro atoms. The number of nitrogens with zero attached hydrogens (tertiary/aromatic N) is 1. The molecule has 1 N–H and O–H groups in total. The van der Waals surface area contributed by atoms with Gasteiger partial charge in [-0.15, -0.1) is 0 Å². The maximum absolute atomic E-state index is 13.4. The zero-order chi connectivity index (χ0) is 26.7. The number of benzene rings is 3. The zero-order valence-corrected chi connectivity index (χ0v) is 21.6. The summed E-state index contributed by atoms with van der Waals surface area (Å²) in [6.07, 6.45) is 0. The number of amides is 1. The smallest absolute Gasteiger partial charge is 0.295 e. The number of likely N-dealkylation sites (tertiary alicyclic amines) is 1. The first kappa shape index (κ1) is 25.8. The van der Waals surface area contributed by atoms with Crippen molar-refractivity contribution in [2.24, 2.45) is 0 Å². The van der Waals surface area contributed by atoms with Gasteiger partial charge in [0.25, 0.3) is 11.7 Å². The van der Waals surface area contributed by atoms with E-state index in [0.717, 1.165) is 16.7 Å². The number of ether oxygens (including phenoxy) is 3. The number of carbonyl (C=O) groups excluding carboxylic acids is 2. The predicted molar refractivity (Wildman–Crippen MR) is 141 cm³/mol. The number of aliphatic hydroxyl groups excluding tert-OH is 1. The van der Waals surface area contributed by atoms with Crippen molar-refractivity contribution in [3.63, 3.8) is 0 Å². The van der Waals surface area contributed by atoms with Gasteiger partial charge in [0.15, 0.2) is 11.5 Å². The van der Waals surface area contributed by atoms with Crippen molar-refractivity contribution in [2.75, 3.05) is 21.3 Å². The number of methoxy groups -OCH3 is 3. The van der Waals surface area contributed by atoms with E-state index in [-0.39, 0.29) is 17.9 Å². The lowest BCUT2D eigenvalue weighted by Gasteiger charge is -2.26. The van der Waals surface area contributed by atoms with E-state index in [0.29, 0.717) is 28.7 Å². The second-order valence-corrected chi connectivity index (χ2v) is 9.17. The number of hydrogen-bond acceptors (Lipinski definition) is 6. The maximum atomic E-state index is 13.4. The number of Topliss-reactive ketones (excluding diaryl/α,β-unsaturated/α-hetero) is 1. The number of rotatable bonds is 8. The summed E-state index contributed by atoms with van der Waals surface area (Å²) in [4.78, 5) is 28.2. The zero-order valence-electron chi connectivity index (χ0n) is 21.6. The summed E-state index contributed by atoms with van der Waals surface area (Å²) >= 11 is 0. The molecule has 0 aliphatic carbocycles. The van der Waals surface area contributed by atoms with Crippen LogP contribution in [0.15, 0.2) is 72.3 Å². The van der Waals surface area contributed by atoms with Crippen molar-refractivity contribution in [2.45, 2.75) is 32.4 Å². The van der Waals surface area contributed by atoms with Gasteiger partial charge in [-0.1, -0.05) is 50.2 Å². The van der Waals surface area contributed by atoms with Crippen molar-refractivity contribution < 1.29 is 28.9 Å². The topological polar surface area (TPSA) is 85.3 Å². The average Bonchev–Trinajstić information content (AvgIpc) is 3.17. The van der Waals surface area contributed by atoms with E-state index in [1.54, 1.807) is 25.3 Å². The molecule has 1 heterocycles. The third kappa shape index (κ3) is 5.03. The van der Waals surface area contributed by atoms with E-state index in [4.69, 9.17) is 14.2 Å². The van der Waals surface area contributed by atoms with Crippen LogP contribution in [-0.4, -0.2) is 43.0 Å². The molecule has 1 unspecified atom stereocenters. The van der Waals surface area contributed by atoms with E-state index < -0.39 is 17.7 Å². The van der Waals surface area contributed by atoms with Crippen LogP contribution >= 0.6 is 0 Å². The molecule has 3 aromatic rings. The summed E-state index contributed by atoms with van der Waals surface area (Å²) in [7, 11) is 4.59. The second-order valence-electron chi connectivity index (χ2n) is 9.17. The molecule has 192 valence electrons. The van der Waals surface area contributed by atoms with Crippen LogP contribution in [0.3, 0.4) is 0 Å². The number of ketones is 1. The maximum Gasteiger partial charge on any atom is 0.295 e. The largest absolute Gasteiger partial charge is 0.507 e. The van der Waals surface area contributed by atoms with E-state index in [1.807, 2.05) is 48.5 Å². The highest BCUT2D eigenvalue weighted by Crippen LogP contribution is 2.41. The summed E-state index contributed by atoms with van der Waals surface area (Å²) in [5, 5.41) is 11.4. The first-order chi connectivity index (χ1) is 17.8. The Kier molecular flexibility index (Phi) is 7.53. The van der Waals surface area contributed by atoms with Gasteiger partial charge >= 0.3 is 0 Å². The summed E-state index contributed by atoms with van der Waals surface area (Å²) in [5.41, 5.74) is 3.08. The van der Waals surface area contributed by atoms with Crippen molar-refractivity contribution in [1.29, 1.82) is 0 Å². The standard InChI is InChI=1S/C30H31NO6/c1-18(2)20-8-10-21(11-9-20)27-26(28(32)22-12-15-24(36-4)25(16-22)37-5)29(33)30(34)31(27)17-19-6-13-23(35-3)14-7-19/h6-16,18,27,32H,17H2,1-5H3/b28-26-. The molecule has 37 heavy (non-hydrogen) atoms. The highest BCUT2D eigenvalue weighted by atomic mass is 16.5. The van der Waals surface area contributed by atoms with E-state index >= 15 is 0 Å². The van der Waals surface area contributed by atoms with Crippen LogP contribution in [0.5, 0.6) is 17.2 Å². The van der Waals surface area contributed by atoms with Gasteiger partial charge in [0.1, 0.15) is 11.5 Å². The van der Waals surface area contributed by atoms with Crippen LogP contribution in [0.1, 0.15) is 48.1 Å². The third-order valence-electron chi connectivity index (χ3n) is 6.63. The van der Waals surface area contributed by atoms with Gasteiger partial charge < -0.3 is 24.2 Å². The Bertz CT molecular complexity index is 1330. The van der Waals surface area contributed by atoms with Crippen molar-refractivity contribution in [3.05, 3.63) is 94.6 Å². The number of hydrogen-bond donors (Lipinski definition) is 1. The Morgan fingerprint density at radius 1 is 0.865 bits per heavy atom. The molecule has 1 aliphatic heterocycles. The van der Waals surface area contributed by atoms with Gasteiger partial charge in [-0.05, 0) is 52.9 Å². The molecule has 0 saturated carbocycles. The summed E-state index contributed by atoms with van der Waals surface area (Å²) in [5.74, 6) is 0.229. The lowest BCUT2D eigenvalue weighted by atomic mass is 9.93. The monoisotopic (exact) mass is 501 g/mol. The molecule has 7 heteroatoms. The predicted octanol–water partition coefficient (Wildman–Crippen LogP) is 5.46. The molecule has 3 aromatic carbocycles. The van der Waals surface area contributed by atoms with E-state index in [1.165, 1.54) is 19.1 Å². The first-order valence-electron chi connectivity index (χ1n) is 12.0. The van der Waals surface area contributed by atoms with Gasteiger partial charge in [0, 0.05) is 12.1 Å². The average molecular weight is 502 g/mol. The molecular weight excluding hydrogens is 470 g/mol. The Morgan fingerprint density at radius 2 is 1.51 bits per heavy atom. The quantitative estimate of drug-likeness (QED) is 0.251. The van der Waals surface area contributed by atoms with Gasteiger partial charge in [0.2, 0.25) is 0 Å². The van der Waals surface area contributed by atoms with Gasteiger partial charge in [-0.2, -0.15) is 0 Å². The van der Waals surface area contributed by atoms with Crippen LogP contribution < -0.4 is 14.2 Å². The fourth-order valence-electron chi connectivity index (χ4n) is 4.52. The van der Waals surface area contributed by atoms with Crippen LogP contribution in [0, 0.1) is 0 Å². The molecular formula is C30H31NO6. The molecule has 0 bridgehead atoms. The molecule has 4 rings (SSSR count). The first-order valence-corrected chi connectivity index (χ1v) is 12.0. The molecule has 7 nitrogen and oxygen atoms in total. The van der Waals surface area contributed by atoms with E-state index in [2.05, 4.69) is 13.8 Å². The van der Waals surface area contributed by atoms with Crippen molar-refractivity contribution >= 4 is 17.4 Å². The van der Waals surface area contributed by atoms with Crippen molar-refractivity contribution in [1.82, 2.24) is 4.90 Å². The van der Waals surface area contributed by atoms with Crippen LogP contribution in [-0.2, 0) is 16.1 Å². The number of aliphatic hydroxyl groups is 1. The van der Waals surface area contributed by atoms with Crippen LogP contribution in [0.25, 0.3) is 5.76 Å². The fourth-order valence-corrected chi connectivity index (χ4v) is 4.52. The highest BCUT2D eigenvalue weighted by Gasteiger charge is 2.46. The summed E-state index contributed by atoms with van der Waals surface area (Å²) in [6.45, 7) is 4.39. The molecule has 1 aliphatic rings. The Hall–Kier alpha value is -4.26.